The molecule has 1 radical (unpaired) electrons. The van der Waals surface area contributed by atoms with Gasteiger partial charge in [-0.1, -0.05) is 147 Å². The number of furan rings is 1. The van der Waals surface area contributed by atoms with E-state index in [1.165, 1.54) is 29.5 Å². The third kappa shape index (κ3) is 7.75. The fourth-order valence-corrected chi connectivity index (χ4v) is 7.55. The molecule has 5 heteroatoms. The van der Waals surface area contributed by atoms with Crippen LogP contribution < -0.4 is 0 Å². The molecule has 3 aromatic heterocycles. The number of pyridine rings is 2. The number of benzene rings is 4. The van der Waals surface area contributed by atoms with Gasteiger partial charge in [0.25, 0.3) is 0 Å². The maximum Gasteiger partial charge on any atom is 0.130 e. The van der Waals surface area contributed by atoms with E-state index in [4.69, 9.17) is 16.3 Å². The Morgan fingerprint density at radius 3 is 2.11 bits per heavy atom. The molecule has 7 aromatic rings. The van der Waals surface area contributed by atoms with E-state index < -0.39 is 30.2 Å². The van der Waals surface area contributed by atoms with Crippen LogP contribution in [0.25, 0.3) is 55.6 Å². The van der Waals surface area contributed by atoms with E-state index >= 15 is 0 Å². The quantitative estimate of drug-likeness (QED) is 0.166. The number of aromatic nitrogens is 2. The van der Waals surface area contributed by atoms with Gasteiger partial charge in [-0.2, -0.15) is 5.26 Å². The first-order valence-corrected chi connectivity index (χ1v) is 18.9. The van der Waals surface area contributed by atoms with Crippen molar-refractivity contribution in [1.29, 1.82) is 5.26 Å². The smallest absolute Gasteiger partial charge is 0.130 e. The Bertz CT molecular complexity index is 2820. The first kappa shape index (κ1) is 34.4. The van der Waals surface area contributed by atoms with Gasteiger partial charge in [0, 0.05) is 43.4 Å². The molecular formula is C51H51IrN3O-2. The van der Waals surface area contributed by atoms with Crippen LogP contribution >= 0.6 is 0 Å². The Morgan fingerprint density at radius 2 is 1.50 bits per heavy atom. The number of fused-ring (bicyclic) bond motifs is 4. The van der Waals surface area contributed by atoms with Gasteiger partial charge in [0.15, 0.2) is 0 Å². The molecule has 0 fully saturated rings. The van der Waals surface area contributed by atoms with Crippen LogP contribution in [0.4, 0.5) is 0 Å². The fraction of sp³-hybridized carbons (Fsp3) is 0.314. The number of rotatable bonds is 3. The maximum absolute atomic E-state index is 9.94. The van der Waals surface area contributed by atoms with Crippen molar-refractivity contribution in [1.82, 2.24) is 9.97 Å². The normalized spacial score (nSPS) is 15.8. The molecule has 0 spiro atoms. The van der Waals surface area contributed by atoms with Gasteiger partial charge in [-0.25, -0.2) is 0 Å². The summed E-state index contributed by atoms with van der Waals surface area (Å²) in [5.41, 5.74) is 9.96. The molecule has 0 N–H and O–H groups in total. The van der Waals surface area contributed by atoms with E-state index in [1.54, 1.807) is 18.3 Å². The summed E-state index contributed by atoms with van der Waals surface area (Å²) >= 11 is 0. The van der Waals surface area contributed by atoms with Crippen LogP contribution in [0.15, 0.2) is 108 Å². The Morgan fingerprint density at radius 1 is 0.786 bits per heavy atom. The second-order valence-electron chi connectivity index (χ2n) is 17.9. The van der Waals surface area contributed by atoms with E-state index in [0.29, 0.717) is 22.2 Å². The minimum Gasteiger partial charge on any atom is -0.500 e. The van der Waals surface area contributed by atoms with Crippen molar-refractivity contribution in [2.24, 2.45) is 0 Å². The summed E-state index contributed by atoms with van der Waals surface area (Å²) in [5, 5.41) is 11.4. The molecule has 1 aliphatic carbocycles. The Kier molecular flexibility index (Phi) is 9.35. The van der Waals surface area contributed by atoms with Crippen molar-refractivity contribution in [2.45, 2.75) is 104 Å². The standard InChI is InChI=1S/C28H21N2O.C23H30N.Ir/c1-28(2,3)22-15-14-20(23-11-7-8-16-30-23)26-25(22)21-13-12-19(17-29)24(27(21)31-26)18-9-5-4-6-10-18;1-21(2,3)17-9-11-20(24-15-17)16-8-10-18-19(14-16)23(6,7)13-12-22(18,4)5;/h4-13,15-16H,1-3H3;9-11,14-15H,12-13H2,1-7H3;/q2*-1;/i4D,5D,6D,9D,10D;;. The number of hydrogen-bond donors (Lipinski definition) is 0. The molecule has 1 aliphatic rings. The zero-order valence-corrected chi connectivity index (χ0v) is 36.3. The van der Waals surface area contributed by atoms with E-state index in [0.717, 1.165) is 22.2 Å². The molecule has 0 amide bonds. The topological polar surface area (TPSA) is 62.7 Å². The number of nitriles is 1. The molecule has 4 nitrogen and oxygen atoms in total. The van der Waals surface area contributed by atoms with E-state index in [2.05, 4.69) is 117 Å². The van der Waals surface area contributed by atoms with E-state index in [-0.39, 0.29) is 64.0 Å². The van der Waals surface area contributed by atoms with Crippen molar-refractivity contribution in [3.63, 3.8) is 0 Å². The molecule has 4 aromatic carbocycles. The first-order chi connectivity index (χ1) is 28.1. The van der Waals surface area contributed by atoms with Crippen LogP contribution in [-0.4, -0.2) is 9.97 Å². The van der Waals surface area contributed by atoms with Gasteiger partial charge >= 0.3 is 0 Å². The molecule has 0 atom stereocenters. The van der Waals surface area contributed by atoms with Crippen molar-refractivity contribution >= 4 is 21.9 Å². The van der Waals surface area contributed by atoms with Crippen LogP contribution in [0, 0.1) is 23.5 Å². The van der Waals surface area contributed by atoms with E-state index in [1.807, 2.05) is 30.5 Å². The van der Waals surface area contributed by atoms with Crippen LogP contribution in [0.5, 0.6) is 0 Å². The van der Waals surface area contributed by atoms with Gasteiger partial charge < -0.3 is 14.4 Å². The van der Waals surface area contributed by atoms with E-state index in [9.17, 15) is 5.26 Å². The molecule has 8 rings (SSSR count). The Labute approximate surface area is 353 Å². The minimum absolute atomic E-state index is 0. The fourth-order valence-electron chi connectivity index (χ4n) is 7.55. The number of hydrogen-bond acceptors (Lipinski definition) is 4. The Balaban J connectivity index is 0.000000217. The predicted octanol–water partition coefficient (Wildman–Crippen LogP) is 13.5. The summed E-state index contributed by atoms with van der Waals surface area (Å²) in [7, 11) is 0. The van der Waals surface area contributed by atoms with Crippen LogP contribution in [0.2, 0.25) is 0 Å². The van der Waals surface area contributed by atoms with Gasteiger partial charge in [0.1, 0.15) is 5.58 Å². The largest absolute Gasteiger partial charge is 0.500 e. The van der Waals surface area contributed by atoms with Gasteiger partial charge in [-0.15, -0.1) is 52.6 Å². The van der Waals surface area contributed by atoms with Gasteiger partial charge in [-0.3, -0.25) is 0 Å². The zero-order valence-electron chi connectivity index (χ0n) is 38.9. The van der Waals surface area contributed by atoms with Crippen molar-refractivity contribution in [3.05, 3.63) is 143 Å². The third-order valence-electron chi connectivity index (χ3n) is 11.0. The third-order valence-corrected chi connectivity index (χ3v) is 11.0. The molecule has 287 valence electrons. The van der Waals surface area contributed by atoms with Crippen LogP contribution in [-0.2, 0) is 41.8 Å². The van der Waals surface area contributed by atoms with Crippen LogP contribution in [0.3, 0.4) is 0 Å². The monoisotopic (exact) mass is 919 g/mol. The second-order valence-corrected chi connectivity index (χ2v) is 17.9. The molecule has 0 unspecified atom stereocenters. The molecular weight excluding hydrogens is 863 g/mol. The molecule has 0 aliphatic heterocycles. The summed E-state index contributed by atoms with van der Waals surface area (Å²) in [6.45, 7) is 22.3. The van der Waals surface area contributed by atoms with Gasteiger partial charge in [0.05, 0.1) is 24.1 Å². The van der Waals surface area contributed by atoms with Crippen molar-refractivity contribution in [3.8, 4) is 39.7 Å². The second kappa shape index (κ2) is 15.2. The molecule has 56 heavy (non-hydrogen) atoms. The zero-order chi connectivity index (χ0) is 43.7. The summed E-state index contributed by atoms with van der Waals surface area (Å²) in [4.78, 5) is 9.18. The SMILES string of the molecule is CC(C)(C)c1ccc(-c2[c-]cc3c(c2)C(C)(C)CCC3(C)C)nc1.[2H]c1c([2H])c([2H])c(-c2c(C#N)ccc3c2oc2c(-c4ccccn4)[c-]cc(C(C)(C)C)c23)c([2H])c1[2H].[Ir]. The Hall–Kier alpha value is -4.88. The predicted molar refractivity (Wildman–Crippen MR) is 227 cm³/mol. The summed E-state index contributed by atoms with van der Waals surface area (Å²) in [6, 6.07) is 26.5. The average Bonchev–Trinajstić information content (AvgIpc) is 3.60. The number of nitrogens with zero attached hydrogens (tertiary/aromatic N) is 3. The summed E-state index contributed by atoms with van der Waals surface area (Å²) < 4.78 is 47.8. The minimum atomic E-state index is -0.494. The molecule has 0 saturated heterocycles. The molecule has 0 saturated carbocycles. The van der Waals surface area contributed by atoms with Gasteiger partial charge in [-0.05, 0) is 62.7 Å². The van der Waals surface area contributed by atoms with Gasteiger partial charge in [0.2, 0.25) is 0 Å². The molecule has 3 heterocycles. The van der Waals surface area contributed by atoms with Crippen molar-refractivity contribution < 1.29 is 31.4 Å². The summed E-state index contributed by atoms with van der Waals surface area (Å²) in [6.07, 6.45) is 6.16. The first-order valence-electron chi connectivity index (χ1n) is 21.4. The van der Waals surface area contributed by atoms with Crippen molar-refractivity contribution in [2.75, 3.05) is 0 Å². The summed E-state index contributed by atoms with van der Waals surface area (Å²) in [5.74, 6) is 0. The maximum atomic E-state index is 9.94. The van der Waals surface area contributed by atoms with Crippen LogP contribution in [0.1, 0.15) is 117 Å². The average molecular weight is 919 g/mol. The molecule has 0 bridgehead atoms.